The number of thiophene rings is 1. The smallest absolute Gasteiger partial charge is 0.228 e. The van der Waals surface area contributed by atoms with Crippen molar-refractivity contribution in [1.29, 1.82) is 0 Å². The first-order valence-electron chi connectivity index (χ1n) is 9.80. The Kier molecular flexibility index (Phi) is 6.22. The summed E-state index contributed by atoms with van der Waals surface area (Å²) in [7, 11) is 0. The number of carbonyl (C=O) groups excluding carboxylic acids is 1. The summed E-state index contributed by atoms with van der Waals surface area (Å²) < 4.78 is 2.23. The van der Waals surface area contributed by atoms with E-state index in [1.807, 2.05) is 46.7 Å². The predicted octanol–water partition coefficient (Wildman–Crippen LogP) is 5.37. The number of benzene rings is 2. The van der Waals surface area contributed by atoms with Crippen molar-refractivity contribution in [1.82, 2.24) is 9.47 Å². The van der Waals surface area contributed by atoms with Crippen LogP contribution in [0.5, 0.6) is 0 Å². The fourth-order valence-electron chi connectivity index (χ4n) is 3.43. The van der Waals surface area contributed by atoms with Gasteiger partial charge in [0.1, 0.15) is 0 Å². The second-order valence-corrected chi connectivity index (χ2v) is 8.14. The topological polar surface area (TPSA) is 25.2 Å². The van der Waals surface area contributed by atoms with Crippen molar-refractivity contribution >= 4 is 17.2 Å². The summed E-state index contributed by atoms with van der Waals surface area (Å²) in [6, 6.07) is 28.8. The fraction of sp³-hybridized carbons (Fsp3) is 0.160. The maximum absolute atomic E-state index is 13.1. The summed E-state index contributed by atoms with van der Waals surface area (Å²) in [6.07, 6.45) is 2.54. The van der Waals surface area contributed by atoms with Gasteiger partial charge in [0.05, 0.1) is 13.0 Å². The van der Waals surface area contributed by atoms with Crippen LogP contribution in [0.15, 0.2) is 96.5 Å². The molecule has 0 aliphatic carbocycles. The van der Waals surface area contributed by atoms with Gasteiger partial charge in [0.25, 0.3) is 0 Å². The molecule has 29 heavy (non-hydrogen) atoms. The predicted molar refractivity (Wildman–Crippen MR) is 119 cm³/mol. The van der Waals surface area contributed by atoms with Gasteiger partial charge in [-0.2, -0.15) is 0 Å². The molecule has 146 valence electrons. The SMILES string of the molecule is O=C(Cc1cccs1)N(Cc1ccccc1)Cc1cccn1Cc1ccccc1. The number of rotatable bonds is 8. The zero-order chi connectivity index (χ0) is 19.9. The maximum atomic E-state index is 13.1. The molecule has 0 aliphatic rings. The first-order valence-corrected chi connectivity index (χ1v) is 10.7. The van der Waals surface area contributed by atoms with Crippen molar-refractivity contribution in [3.05, 3.63) is 118 Å². The van der Waals surface area contributed by atoms with Crippen LogP contribution in [0.1, 0.15) is 21.7 Å². The lowest BCUT2D eigenvalue weighted by molar-refractivity contribution is -0.131. The van der Waals surface area contributed by atoms with E-state index >= 15 is 0 Å². The molecule has 0 atom stereocenters. The van der Waals surface area contributed by atoms with Gasteiger partial charge in [0.15, 0.2) is 0 Å². The van der Waals surface area contributed by atoms with Crippen LogP contribution >= 0.6 is 11.3 Å². The van der Waals surface area contributed by atoms with Crippen molar-refractivity contribution in [3.8, 4) is 0 Å². The van der Waals surface area contributed by atoms with Crippen LogP contribution in [0, 0.1) is 0 Å². The molecule has 2 aromatic carbocycles. The van der Waals surface area contributed by atoms with Gasteiger partial charge in [-0.15, -0.1) is 11.3 Å². The Labute approximate surface area is 175 Å². The van der Waals surface area contributed by atoms with Crippen LogP contribution in [0.4, 0.5) is 0 Å². The van der Waals surface area contributed by atoms with Crippen LogP contribution in [0.2, 0.25) is 0 Å². The number of carbonyl (C=O) groups is 1. The number of nitrogens with zero attached hydrogens (tertiary/aromatic N) is 2. The van der Waals surface area contributed by atoms with E-state index in [0.29, 0.717) is 19.5 Å². The molecule has 4 heteroatoms. The lowest BCUT2D eigenvalue weighted by Gasteiger charge is -2.24. The average Bonchev–Trinajstić information content (AvgIpc) is 3.41. The largest absolute Gasteiger partial charge is 0.345 e. The maximum Gasteiger partial charge on any atom is 0.228 e. The van der Waals surface area contributed by atoms with Crippen LogP contribution in [0.25, 0.3) is 0 Å². The zero-order valence-electron chi connectivity index (χ0n) is 16.3. The van der Waals surface area contributed by atoms with Crippen molar-refractivity contribution < 1.29 is 4.79 Å². The Morgan fingerprint density at radius 1 is 0.793 bits per heavy atom. The lowest BCUT2D eigenvalue weighted by Crippen LogP contribution is -2.32. The van der Waals surface area contributed by atoms with E-state index in [1.54, 1.807) is 11.3 Å². The number of hydrogen-bond acceptors (Lipinski definition) is 2. The van der Waals surface area contributed by atoms with Gasteiger partial charge in [-0.25, -0.2) is 0 Å². The molecule has 0 fully saturated rings. The fourth-order valence-corrected chi connectivity index (χ4v) is 4.13. The Balaban J connectivity index is 1.53. The van der Waals surface area contributed by atoms with E-state index in [-0.39, 0.29) is 5.91 Å². The van der Waals surface area contributed by atoms with Crippen molar-refractivity contribution in [2.24, 2.45) is 0 Å². The first kappa shape index (κ1) is 19.2. The van der Waals surface area contributed by atoms with E-state index in [9.17, 15) is 4.79 Å². The third-order valence-electron chi connectivity index (χ3n) is 4.95. The molecule has 0 aliphatic heterocycles. The molecular formula is C25H24N2OS. The standard InChI is InChI=1S/C25H24N2OS/c28-25(17-24-14-8-16-29-24)27(19-22-11-5-2-6-12-22)20-23-13-7-15-26(23)18-21-9-3-1-4-10-21/h1-16H,17-20H2. The van der Waals surface area contributed by atoms with E-state index in [4.69, 9.17) is 0 Å². The van der Waals surface area contributed by atoms with Gasteiger partial charge in [0.2, 0.25) is 5.91 Å². The number of aromatic nitrogens is 1. The normalized spacial score (nSPS) is 10.8. The molecule has 2 heterocycles. The van der Waals surface area contributed by atoms with E-state index < -0.39 is 0 Å². The lowest BCUT2D eigenvalue weighted by atomic mass is 10.2. The zero-order valence-corrected chi connectivity index (χ0v) is 17.1. The van der Waals surface area contributed by atoms with E-state index in [0.717, 1.165) is 22.7 Å². The second kappa shape index (κ2) is 9.39. The highest BCUT2D eigenvalue weighted by Gasteiger charge is 2.17. The third-order valence-corrected chi connectivity index (χ3v) is 5.82. The number of amides is 1. The molecule has 1 amide bonds. The highest BCUT2D eigenvalue weighted by molar-refractivity contribution is 7.10. The molecule has 0 saturated heterocycles. The van der Waals surface area contributed by atoms with Gasteiger partial charge in [0, 0.05) is 29.9 Å². The minimum Gasteiger partial charge on any atom is -0.345 e. The Morgan fingerprint density at radius 2 is 1.52 bits per heavy atom. The quantitative estimate of drug-likeness (QED) is 0.390. The Hall–Kier alpha value is -3.11. The molecule has 3 nitrogen and oxygen atoms in total. The van der Waals surface area contributed by atoms with Crippen LogP contribution < -0.4 is 0 Å². The molecule has 4 aromatic rings. The summed E-state index contributed by atoms with van der Waals surface area (Å²) in [5.74, 6) is 0.156. The monoisotopic (exact) mass is 400 g/mol. The van der Waals surface area contributed by atoms with Crippen LogP contribution in [-0.2, 0) is 30.8 Å². The molecule has 0 N–H and O–H groups in total. The summed E-state index contributed by atoms with van der Waals surface area (Å²) in [6.45, 7) is 2.02. The van der Waals surface area contributed by atoms with Crippen molar-refractivity contribution in [2.45, 2.75) is 26.1 Å². The van der Waals surface area contributed by atoms with E-state index in [2.05, 4.69) is 59.3 Å². The van der Waals surface area contributed by atoms with Gasteiger partial charge in [-0.1, -0.05) is 66.7 Å². The van der Waals surface area contributed by atoms with Crippen molar-refractivity contribution in [2.75, 3.05) is 0 Å². The van der Waals surface area contributed by atoms with Gasteiger partial charge in [-0.3, -0.25) is 4.79 Å². The Bertz CT molecular complexity index is 1020. The van der Waals surface area contributed by atoms with Gasteiger partial charge < -0.3 is 9.47 Å². The van der Waals surface area contributed by atoms with Crippen LogP contribution in [0.3, 0.4) is 0 Å². The Morgan fingerprint density at radius 3 is 2.21 bits per heavy atom. The van der Waals surface area contributed by atoms with Crippen molar-refractivity contribution in [3.63, 3.8) is 0 Å². The van der Waals surface area contributed by atoms with E-state index in [1.165, 1.54) is 5.56 Å². The molecule has 0 unspecified atom stereocenters. The minimum absolute atomic E-state index is 0.156. The second-order valence-electron chi connectivity index (χ2n) is 7.10. The summed E-state index contributed by atoms with van der Waals surface area (Å²) in [5, 5.41) is 2.02. The summed E-state index contributed by atoms with van der Waals surface area (Å²) in [5.41, 5.74) is 3.54. The molecular weight excluding hydrogens is 376 g/mol. The molecule has 0 spiro atoms. The average molecular weight is 401 g/mol. The highest BCUT2D eigenvalue weighted by Crippen LogP contribution is 2.16. The summed E-state index contributed by atoms with van der Waals surface area (Å²) >= 11 is 1.64. The third kappa shape index (κ3) is 5.24. The molecule has 4 rings (SSSR count). The highest BCUT2D eigenvalue weighted by atomic mass is 32.1. The van der Waals surface area contributed by atoms with Gasteiger partial charge in [-0.05, 0) is 34.7 Å². The molecule has 2 aromatic heterocycles. The molecule has 0 radical (unpaired) electrons. The van der Waals surface area contributed by atoms with Crippen LogP contribution in [-0.4, -0.2) is 15.4 Å². The molecule has 0 saturated carbocycles. The summed E-state index contributed by atoms with van der Waals surface area (Å²) in [4.78, 5) is 16.2. The number of hydrogen-bond donors (Lipinski definition) is 0. The minimum atomic E-state index is 0.156. The first-order chi connectivity index (χ1) is 14.3. The molecule has 0 bridgehead atoms. The van der Waals surface area contributed by atoms with Gasteiger partial charge >= 0.3 is 0 Å².